The first-order valence-electron chi connectivity index (χ1n) is 8.05. The number of aryl methyl sites for hydroxylation is 1. The normalized spacial score (nSPS) is 10.9. The number of rotatable bonds is 5. The predicted molar refractivity (Wildman–Crippen MR) is 98.7 cm³/mol. The Morgan fingerprint density at radius 2 is 1.96 bits per heavy atom. The molecule has 7 nitrogen and oxygen atoms in total. The number of carbonyl (C=O) groups is 2. The smallest absolute Gasteiger partial charge is 0.303 e. The highest BCUT2D eigenvalue weighted by atomic mass is 35.5. The van der Waals surface area contributed by atoms with Crippen LogP contribution in [0.15, 0.2) is 41.3 Å². The molecule has 0 saturated carbocycles. The van der Waals surface area contributed by atoms with Crippen LogP contribution < -0.4 is 5.56 Å². The SMILES string of the molecule is Cc1nc2ccc(C(=O)c3cc(Cl)ccc3O)cn2c(=O)c1CCC(=O)O. The lowest BCUT2D eigenvalue weighted by atomic mass is 10.0. The Labute approximate surface area is 158 Å². The molecule has 0 unspecified atom stereocenters. The van der Waals surface area contributed by atoms with Gasteiger partial charge in [-0.2, -0.15) is 0 Å². The van der Waals surface area contributed by atoms with Crippen molar-refractivity contribution in [3.05, 3.63) is 74.3 Å². The van der Waals surface area contributed by atoms with Gasteiger partial charge in [0, 0.05) is 34.5 Å². The average Bonchev–Trinajstić information content (AvgIpc) is 2.62. The molecule has 3 aromatic rings. The van der Waals surface area contributed by atoms with E-state index in [0.717, 1.165) is 0 Å². The zero-order chi connectivity index (χ0) is 19.7. The van der Waals surface area contributed by atoms with Crippen molar-refractivity contribution in [1.82, 2.24) is 9.38 Å². The molecular formula is C19H15ClN2O5. The van der Waals surface area contributed by atoms with Crippen LogP contribution in [0, 0.1) is 6.92 Å². The van der Waals surface area contributed by atoms with Crippen LogP contribution in [-0.4, -0.2) is 31.4 Å². The minimum atomic E-state index is -1.01. The molecule has 8 heteroatoms. The average molecular weight is 387 g/mol. The van der Waals surface area contributed by atoms with E-state index in [1.165, 1.54) is 40.9 Å². The minimum absolute atomic E-state index is 0.0149. The maximum atomic E-state index is 12.7. The number of pyridine rings is 1. The van der Waals surface area contributed by atoms with Gasteiger partial charge in [-0.25, -0.2) is 4.98 Å². The molecule has 138 valence electrons. The summed E-state index contributed by atoms with van der Waals surface area (Å²) >= 11 is 5.89. The first-order chi connectivity index (χ1) is 12.8. The summed E-state index contributed by atoms with van der Waals surface area (Å²) in [6.45, 7) is 1.64. The van der Waals surface area contributed by atoms with E-state index >= 15 is 0 Å². The molecule has 0 aliphatic heterocycles. The second kappa shape index (κ2) is 7.20. The summed E-state index contributed by atoms with van der Waals surface area (Å²) < 4.78 is 1.21. The van der Waals surface area contributed by atoms with Gasteiger partial charge >= 0.3 is 5.97 Å². The molecule has 0 bridgehead atoms. The van der Waals surface area contributed by atoms with Crippen molar-refractivity contribution in [2.45, 2.75) is 19.8 Å². The zero-order valence-corrected chi connectivity index (χ0v) is 15.0. The number of carboxylic acids is 1. The number of aromatic nitrogens is 2. The third-order valence-corrected chi connectivity index (χ3v) is 4.41. The van der Waals surface area contributed by atoms with Crippen molar-refractivity contribution in [3.63, 3.8) is 0 Å². The number of hydrogen-bond acceptors (Lipinski definition) is 5. The number of carboxylic acid groups (broad SMARTS) is 1. The number of halogens is 1. The summed E-state index contributed by atoms with van der Waals surface area (Å²) in [7, 11) is 0. The van der Waals surface area contributed by atoms with Gasteiger partial charge in [0.25, 0.3) is 5.56 Å². The van der Waals surface area contributed by atoms with Gasteiger partial charge in [-0.15, -0.1) is 0 Å². The number of phenolic OH excluding ortho intramolecular Hbond substituents is 1. The Bertz CT molecular complexity index is 1140. The number of hydrogen-bond donors (Lipinski definition) is 2. The molecule has 0 fully saturated rings. The lowest BCUT2D eigenvalue weighted by molar-refractivity contribution is -0.136. The van der Waals surface area contributed by atoms with Crippen LogP contribution in [0.3, 0.4) is 0 Å². The third-order valence-electron chi connectivity index (χ3n) is 4.18. The summed E-state index contributed by atoms with van der Waals surface area (Å²) in [6.07, 6.45) is 1.18. The maximum absolute atomic E-state index is 12.7. The molecule has 0 amide bonds. The molecule has 1 aromatic carbocycles. The fourth-order valence-electron chi connectivity index (χ4n) is 2.79. The van der Waals surface area contributed by atoms with E-state index in [9.17, 15) is 19.5 Å². The fraction of sp³-hybridized carbons (Fsp3) is 0.158. The number of ketones is 1. The molecule has 0 spiro atoms. The number of phenols is 1. The topological polar surface area (TPSA) is 109 Å². The monoisotopic (exact) mass is 386 g/mol. The van der Waals surface area contributed by atoms with E-state index in [4.69, 9.17) is 16.7 Å². The zero-order valence-electron chi connectivity index (χ0n) is 14.3. The van der Waals surface area contributed by atoms with Gasteiger partial charge in [0.2, 0.25) is 0 Å². The highest BCUT2D eigenvalue weighted by Crippen LogP contribution is 2.24. The maximum Gasteiger partial charge on any atom is 0.303 e. The first-order valence-corrected chi connectivity index (χ1v) is 8.42. The molecule has 0 radical (unpaired) electrons. The van der Waals surface area contributed by atoms with Crippen molar-refractivity contribution in [1.29, 1.82) is 0 Å². The van der Waals surface area contributed by atoms with E-state index in [1.54, 1.807) is 6.92 Å². The molecule has 27 heavy (non-hydrogen) atoms. The summed E-state index contributed by atoms with van der Waals surface area (Å²) in [5, 5.41) is 19.1. The number of aromatic hydroxyl groups is 1. The van der Waals surface area contributed by atoms with Crippen molar-refractivity contribution < 1.29 is 19.8 Å². The summed E-state index contributed by atoms with van der Waals surface area (Å²) in [5.74, 6) is -1.74. The minimum Gasteiger partial charge on any atom is -0.507 e. The third kappa shape index (κ3) is 3.68. The quantitative estimate of drug-likeness (QED) is 0.652. The molecule has 0 aliphatic rings. The molecular weight excluding hydrogens is 372 g/mol. The Kier molecular flexibility index (Phi) is 4.96. The van der Waals surface area contributed by atoms with E-state index in [1.807, 2.05) is 0 Å². The predicted octanol–water partition coefficient (Wildman–Crippen LogP) is 2.61. The highest BCUT2D eigenvalue weighted by molar-refractivity contribution is 6.31. The molecule has 0 atom stereocenters. The first kappa shape index (κ1) is 18.6. The van der Waals surface area contributed by atoms with Gasteiger partial charge in [-0.05, 0) is 43.7 Å². The van der Waals surface area contributed by atoms with Gasteiger partial charge in [0.15, 0.2) is 5.78 Å². The van der Waals surface area contributed by atoms with Crippen LogP contribution in [0.5, 0.6) is 5.75 Å². The molecule has 2 aromatic heterocycles. The van der Waals surface area contributed by atoms with Crippen LogP contribution in [0.4, 0.5) is 0 Å². The van der Waals surface area contributed by atoms with Gasteiger partial charge < -0.3 is 10.2 Å². The molecule has 0 saturated heterocycles. The van der Waals surface area contributed by atoms with Gasteiger partial charge in [-0.1, -0.05) is 11.6 Å². The number of aliphatic carboxylic acids is 1. The number of benzene rings is 1. The summed E-state index contributed by atoms with van der Waals surface area (Å²) in [6, 6.07) is 7.14. The van der Waals surface area contributed by atoms with Crippen LogP contribution in [0.2, 0.25) is 5.02 Å². The highest BCUT2D eigenvalue weighted by Gasteiger charge is 2.17. The Morgan fingerprint density at radius 3 is 2.67 bits per heavy atom. The largest absolute Gasteiger partial charge is 0.507 e. The Hall–Kier alpha value is -3.19. The van der Waals surface area contributed by atoms with Gasteiger partial charge in [0.1, 0.15) is 11.4 Å². The van der Waals surface area contributed by atoms with Gasteiger partial charge in [0.05, 0.1) is 5.56 Å². The fourth-order valence-corrected chi connectivity index (χ4v) is 2.96. The number of nitrogens with zero attached hydrogens (tertiary/aromatic N) is 2. The van der Waals surface area contributed by atoms with Crippen LogP contribution in [0.25, 0.3) is 5.65 Å². The van der Waals surface area contributed by atoms with E-state index < -0.39 is 17.3 Å². The number of carbonyl (C=O) groups excluding carboxylic acids is 1. The molecule has 2 heterocycles. The van der Waals surface area contributed by atoms with Gasteiger partial charge in [-0.3, -0.25) is 18.8 Å². The molecule has 2 N–H and O–H groups in total. The van der Waals surface area contributed by atoms with Crippen LogP contribution in [-0.2, 0) is 11.2 Å². The molecule has 3 rings (SSSR count). The Balaban J connectivity index is 2.11. The van der Waals surface area contributed by atoms with Crippen molar-refractivity contribution in [2.75, 3.05) is 0 Å². The van der Waals surface area contributed by atoms with E-state index in [2.05, 4.69) is 4.98 Å². The number of fused-ring (bicyclic) bond motifs is 1. The van der Waals surface area contributed by atoms with Crippen LogP contribution >= 0.6 is 11.6 Å². The second-order valence-corrected chi connectivity index (χ2v) is 6.45. The molecule has 0 aliphatic carbocycles. The second-order valence-electron chi connectivity index (χ2n) is 6.01. The van der Waals surface area contributed by atoms with E-state index in [-0.39, 0.29) is 35.3 Å². The standard InChI is InChI=1S/C19H15ClN2O5/c1-10-13(4-7-17(24)25)19(27)22-9-11(2-6-16(22)21-10)18(26)14-8-12(20)3-5-15(14)23/h2-3,5-6,8-9,23H,4,7H2,1H3,(H,24,25). The van der Waals surface area contributed by atoms with Crippen molar-refractivity contribution in [2.24, 2.45) is 0 Å². The van der Waals surface area contributed by atoms with Crippen molar-refractivity contribution in [3.8, 4) is 5.75 Å². The lowest BCUT2D eigenvalue weighted by Gasteiger charge is -2.09. The van der Waals surface area contributed by atoms with E-state index in [0.29, 0.717) is 16.4 Å². The van der Waals surface area contributed by atoms with Crippen LogP contribution in [0.1, 0.15) is 33.6 Å². The van der Waals surface area contributed by atoms with Crippen molar-refractivity contribution >= 4 is 29.0 Å². The Morgan fingerprint density at radius 1 is 1.22 bits per heavy atom. The summed E-state index contributed by atoms with van der Waals surface area (Å²) in [4.78, 5) is 40.6. The lowest BCUT2D eigenvalue weighted by Crippen LogP contribution is -2.23. The summed E-state index contributed by atoms with van der Waals surface area (Å²) in [5.41, 5.74) is 0.822.